The van der Waals surface area contributed by atoms with Gasteiger partial charge in [0.25, 0.3) is 0 Å². The average molecular weight is 382 g/mol. The number of nitrogens with one attached hydrogen (secondary N) is 2. The smallest absolute Gasteiger partial charge is 0.319 e. The van der Waals surface area contributed by atoms with E-state index in [4.69, 9.17) is 4.74 Å². The van der Waals surface area contributed by atoms with E-state index in [1.165, 1.54) is 24.1 Å². The van der Waals surface area contributed by atoms with Crippen LogP contribution in [0.25, 0.3) is 0 Å². The number of para-hydroxylation sites is 1. The molecule has 2 amide bonds. The summed E-state index contributed by atoms with van der Waals surface area (Å²) >= 11 is 0. The first-order chi connectivity index (χ1) is 13.7. The molecule has 1 heterocycles. The molecule has 0 radical (unpaired) electrons. The van der Waals surface area contributed by atoms with Gasteiger partial charge in [0.2, 0.25) is 0 Å². The van der Waals surface area contributed by atoms with Crippen LogP contribution in [0.2, 0.25) is 0 Å². The number of aryl methyl sites for hydroxylation is 1. The highest BCUT2D eigenvalue weighted by atomic mass is 16.5. The summed E-state index contributed by atoms with van der Waals surface area (Å²) < 4.78 is 5.77. The fraction of sp³-hybridized carbons (Fsp3) is 0.435. The molecule has 0 unspecified atom stereocenters. The van der Waals surface area contributed by atoms with Gasteiger partial charge in [-0.1, -0.05) is 32.0 Å². The van der Waals surface area contributed by atoms with Crippen molar-refractivity contribution in [1.29, 1.82) is 0 Å². The van der Waals surface area contributed by atoms with Gasteiger partial charge < -0.3 is 20.3 Å². The molecule has 28 heavy (non-hydrogen) atoms. The number of carbonyl (C=O) groups excluding carboxylic acids is 1. The Morgan fingerprint density at radius 1 is 1.11 bits per heavy atom. The molecule has 5 nitrogen and oxygen atoms in total. The molecule has 0 aliphatic carbocycles. The quantitative estimate of drug-likeness (QED) is 0.685. The van der Waals surface area contributed by atoms with Crippen LogP contribution in [0, 0.1) is 5.92 Å². The van der Waals surface area contributed by atoms with Crippen molar-refractivity contribution in [3.8, 4) is 5.75 Å². The predicted molar refractivity (Wildman–Crippen MR) is 115 cm³/mol. The van der Waals surface area contributed by atoms with Gasteiger partial charge >= 0.3 is 6.03 Å². The molecular formula is C23H31N3O2. The summed E-state index contributed by atoms with van der Waals surface area (Å²) in [7, 11) is 0. The van der Waals surface area contributed by atoms with E-state index >= 15 is 0 Å². The van der Waals surface area contributed by atoms with Gasteiger partial charge in [0.1, 0.15) is 12.4 Å². The van der Waals surface area contributed by atoms with Gasteiger partial charge in [0.15, 0.2) is 0 Å². The summed E-state index contributed by atoms with van der Waals surface area (Å²) in [6.45, 7) is 7.53. The Hall–Kier alpha value is -2.69. The number of hydrogen-bond donors (Lipinski definition) is 2. The van der Waals surface area contributed by atoms with Crippen molar-refractivity contribution in [3.63, 3.8) is 0 Å². The standard InChI is InChI=1S/C23H31N3O2/c1-3-19-6-4-5-7-22(19)28-17-14-24-23(27)25-20-8-10-21(11-9-20)26-15-12-18(2)13-16-26/h4-11,18H,3,12-17H2,1-2H3,(H2,24,25,27). The number of rotatable bonds is 7. The largest absolute Gasteiger partial charge is 0.491 e. The topological polar surface area (TPSA) is 53.6 Å². The van der Waals surface area contributed by atoms with Crippen LogP contribution in [0.4, 0.5) is 16.2 Å². The second-order valence-electron chi connectivity index (χ2n) is 7.41. The van der Waals surface area contributed by atoms with Gasteiger partial charge in [-0.15, -0.1) is 0 Å². The molecule has 0 bridgehead atoms. The molecule has 1 fully saturated rings. The second kappa shape index (κ2) is 10.0. The number of ether oxygens (including phenoxy) is 1. The van der Waals surface area contributed by atoms with Gasteiger partial charge in [0.05, 0.1) is 6.54 Å². The lowest BCUT2D eigenvalue weighted by atomic mass is 9.99. The maximum atomic E-state index is 12.1. The van der Waals surface area contributed by atoms with Crippen LogP contribution in [-0.2, 0) is 6.42 Å². The number of hydrogen-bond acceptors (Lipinski definition) is 3. The molecule has 2 aromatic rings. The highest BCUT2D eigenvalue weighted by molar-refractivity contribution is 5.89. The van der Waals surface area contributed by atoms with Gasteiger partial charge in [-0.05, 0) is 61.1 Å². The number of benzene rings is 2. The zero-order valence-electron chi connectivity index (χ0n) is 16.9. The van der Waals surface area contributed by atoms with Crippen molar-refractivity contribution < 1.29 is 9.53 Å². The third-order valence-electron chi connectivity index (χ3n) is 5.27. The Bertz CT molecular complexity index is 753. The van der Waals surface area contributed by atoms with Crippen molar-refractivity contribution in [1.82, 2.24) is 5.32 Å². The molecule has 0 saturated carbocycles. The maximum absolute atomic E-state index is 12.1. The molecule has 1 aliphatic heterocycles. The van der Waals surface area contributed by atoms with Crippen LogP contribution in [-0.4, -0.2) is 32.3 Å². The Morgan fingerprint density at radius 2 is 1.82 bits per heavy atom. The fourth-order valence-electron chi connectivity index (χ4n) is 3.46. The summed E-state index contributed by atoms with van der Waals surface area (Å²) in [6.07, 6.45) is 3.41. The zero-order chi connectivity index (χ0) is 19.8. The highest BCUT2D eigenvalue weighted by Crippen LogP contribution is 2.24. The minimum Gasteiger partial charge on any atom is -0.491 e. The van der Waals surface area contributed by atoms with Crippen molar-refractivity contribution in [2.75, 3.05) is 36.5 Å². The summed E-state index contributed by atoms with van der Waals surface area (Å²) in [4.78, 5) is 14.5. The molecule has 5 heteroatoms. The van der Waals surface area contributed by atoms with Crippen LogP contribution in [0.15, 0.2) is 48.5 Å². The number of piperidine rings is 1. The Balaban J connectivity index is 1.40. The lowest BCUT2D eigenvalue weighted by molar-refractivity contribution is 0.247. The summed E-state index contributed by atoms with van der Waals surface area (Å²) in [5.74, 6) is 1.70. The maximum Gasteiger partial charge on any atom is 0.319 e. The van der Waals surface area contributed by atoms with Crippen molar-refractivity contribution in [2.45, 2.75) is 33.1 Å². The zero-order valence-corrected chi connectivity index (χ0v) is 16.9. The monoisotopic (exact) mass is 381 g/mol. The van der Waals surface area contributed by atoms with E-state index in [1.807, 2.05) is 30.3 Å². The summed E-state index contributed by atoms with van der Waals surface area (Å²) in [5.41, 5.74) is 3.19. The Labute approximate surface area is 168 Å². The minimum atomic E-state index is -0.216. The predicted octanol–water partition coefficient (Wildman–Crippen LogP) is 4.69. The lowest BCUT2D eigenvalue weighted by Gasteiger charge is -2.32. The number of nitrogens with zero attached hydrogens (tertiary/aromatic N) is 1. The Kier molecular flexibility index (Phi) is 7.18. The van der Waals surface area contributed by atoms with E-state index in [0.717, 1.165) is 36.9 Å². The van der Waals surface area contributed by atoms with E-state index in [0.29, 0.717) is 13.2 Å². The fourth-order valence-corrected chi connectivity index (χ4v) is 3.46. The van der Waals surface area contributed by atoms with E-state index in [9.17, 15) is 4.79 Å². The molecular weight excluding hydrogens is 350 g/mol. The average Bonchev–Trinajstić information content (AvgIpc) is 2.73. The first kappa shape index (κ1) is 20.1. The molecule has 150 valence electrons. The number of carbonyl (C=O) groups is 1. The number of urea groups is 1. The molecule has 1 saturated heterocycles. The lowest BCUT2D eigenvalue weighted by Crippen LogP contribution is -2.33. The summed E-state index contributed by atoms with van der Waals surface area (Å²) in [5, 5.41) is 5.71. The van der Waals surface area contributed by atoms with Crippen LogP contribution < -0.4 is 20.3 Å². The normalized spacial score (nSPS) is 14.6. The van der Waals surface area contributed by atoms with Gasteiger partial charge in [-0.3, -0.25) is 0 Å². The van der Waals surface area contributed by atoms with Crippen molar-refractivity contribution in [2.24, 2.45) is 5.92 Å². The molecule has 3 rings (SSSR count). The Morgan fingerprint density at radius 3 is 2.54 bits per heavy atom. The van der Waals surface area contributed by atoms with Gasteiger partial charge in [-0.2, -0.15) is 0 Å². The first-order valence-electron chi connectivity index (χ1n) is 10.3. The third-order valence-corrected chi connectivity index (χ3v) is 5.27. The van der Waals surface area contributed by atoms with Gasteiger partial charge in [0, 0.05) is 24.5 Å². The molecule has 2 N–H and O–H groups in total. The third kappa shape index (κ3) is 5.65. The van der Waals surface area contributed by atoms with E-state index < -0.39 is 0 Å². The van der Waals surface area contributed by atoms with Crippen LogP contribution in [0.3, 0.4) is 0 Å². The molecule has 0 atom stereocenters. The second-order valence-corrected chi connectivity index (χ2v) is 7.41. The SMILES string of the molecule is CCc1ccccc1OCCNC(=O)Nc1ccc(N2CCC(C)CC2)cc1. The minimum absolute atomic E-state index is 0.216. The number of anilines is 2. The van der Waals surface area contributed by atoms with Gasteiger partial charge in [-0.25, -0.2) is 4.79 Å². The molecule has 2 aromatic carbocycles. The van der Waals surface area contributed by atoms with Crippen LogP contribution in [0.1, 0.15) is 32.3 Å². The molecule has 0 aromatic heterocycles. The van der Waals surface area contributed by atoms with Crippen molar-refractivity contribution >= 4 is 17.4 Å². The van der Waals surface area contributed by atoms with E-state index in [2.05, 4.69) is 47.6 Å². The molecule has 0 spiro atoms. The highest BCUT2D eigenvalue weighted by Gasteiger charge is 2.15. The van der Waals surface area contributed by atoms with E-state index in [1.54, 1.807) is 0 Å². The number of amides is 2. The van der Waals surface area contributed by atoms with Crippen molar-refractivity contribution in [3.05, 3.63) is 54.1 Å². The van der Waals surface area contributed by atoms with Crippen LogP contribution >= 0.6 is 0 Å². The first-order valence-corrected chi connectivity index (χ1v) is 10.3. The molecule has 1 aliphatic rings. The van der Waals surface area contributed by atoms with Crippen LogP contribution in [0.5, 0.6) is 5.75 Å². The van der Waals surface area contributed by atoms with E-state index in [-0.39, 0.29) is 6.03 Å². The summed E-state index contributed by atoms with van der Waals surface area (Å²) in [6, 6.07) is 15.9.